The summed E-state index contributed by atoms with van der Waals surface area (Å²) in [4.78, 5) is 12.5. The average molecular weight is 404 g/mol. The van der Waals surface area contributed by atoms with Gasteiger partial charge in [-0.2, -0.15) is 4.31 Å². The molecule has 2 aromatic rings. The largest absolute Gasteiger partial charge is 0.495 e. The van der Waals surface area contributed by atoms with Gasteiger partial charge in [0.1, 0.15) is 17.3 Å². The molecule has 1 heterocycles. The predicted molar refractivity (Wildman–Crippen MR) is 106 cm³/mol. The van der Waals surface area contributed by atoms with Crippen LogP contribution in [-0.4, -0.2) is 38.4 Å². The Bertz CT molecular complexity index is 927. The molecule has 150 valence electrons. The van der Waals surface area contributed by atoms with Crippen molar-refractivity contribution in [2.75, 3.05) is 13.7 Å². The first-order valence-electron chi connectivity index (χ1n) is 9.34. The highest BCUT2D eigenvalue weighted by Crippen LogP contribution is 2.31. The van der Waals surface area contributed by atoms with Crippen molar-refractivity contribution in [2.45, 2.75) is 43.7 Å². The number of ether oxygens (including phenoxy) is 2. The number of nitrogens with zero attached hydrogens (tertiary/aromatic N) is 1. The molecular weight excluding hydrogens is 378 g/mol. The number of carbonyl (C=O) groups is 1. The van der Waals surface area contributed by atoms with Crippen LogP contribution in [-0.2, 0) is 21.4 Å². The van der Waals surface area contributed by atoms with Crippen LogP contribution in [0.1, 0.15) is 42.1 Å². The zero-order valence-corrected chi connectivity index (χ0v) is 16.9. The van der Waals surface area contributed by atoms with Crippen molar-refractivity contribution in [1.29, 1.82) is 0 Å². The quantitative estimate of drug-likeness (QED) is 0.689. The number of benzene rings is 2. The molecule has 0 radical (unpaired) electrons. The second-order valence-corrected chi connectivity index (χ2v) is 8.75. The van der Waals surface area contributed by atoms with Crippen LogP contribution >= 0.6 is 0 Å². The summed E-state index contributed by atoms with van der Waals surface area (Å²) in [6, 6.07) is 13.6. The summed E-state index contributed by atoms with van der Waals surface area (Å²) in [6.45, 7) is 2.49. The first-order chi connectivity index (χ1) is 13.4. The van der Waals surface area contributed by atoms with Gasteiger partial charge < -0.3 is 9.47 Å². The summed E-state index contributed by atoms with van der Waals surface area (Å²) >= 11 is 0. The van der Waals surface area contributed by atoms with Crippen molar-refractivity contribution < 1.29 is 22.7 Å². The average Bonchev–Trinajstić information content (AvgIpc) is 2.72. The van der Waals surface area contributed by atoms with Gasteiger partial charge in [0.15, 0.2) is 0 Å². The molecule has 0 N–H and O–H groups in total. The van der Waals surface area contributed by atoms with Gasteiger partial charge in [0.05, 0.1) is 12.7 Å². The minimum atomic E-state index is -3.78. The smallest absolute Gasteiger partial charge is 0.338 e. The number of sulfonamides is 1. The van der Waals surface area contributed by atoms with Gasteiger partial charge in [-0.1, -0.05) is 36.8 Å². The van der Waals surface area contributed by atoms with Crippen LogP contribution in [0.5, 0.6) is 5.75 Å². The van der Waals surface area contributed by atoms with E-state index in [4.69, 9.17) is 9.47 Å². The van der Waals surface area contributed by atoms with E-state index in [0.717, 1.165) is 24.8 Å². The van der Waals surface area contributed by atoms with E-state index in [1.54, 1.807) is 0 Å². The fourth-order valence-electron chi connectivity index (χ4n) is 3.37. The first kappa shape index (κ1) is 20.4. The van der Waals surface area contributed by atoms with Crippen LogP contribution in [0.15, 0.2) is 53.4 Å². The van der Waals surface area contributed by atoms with Crippen LogP contribution in [0.3, 0.4) is 0 Å². The number of methoxy groups -OCH3 is 1. The topological polar surface area (TPSA) is 72.9 Å². The van der Waals surface area contributed by atoms with Crippen molar-refractivity contribution in [1.82, 2.24) is 4.31 Å². The number of rotatable bonds is 6. The molecule has 1 saturated heterocycles. The summed E-state index contributed by atoms with van der Waals surface area (Å²) in [5.41, 5.74) is 1.04. The maximum atomic E-state index is 13.2. The molecule has 3 rings (SSSR count). The summed E-state index contributed by atoms with van der Waals surface area (Å²) in [7, 11) is -2.36. The van der Waals surface area contributed by atoms with E-state index < -0.39 is 16.0 Å². The summed E-state index contributed by atoms with van der Waals surface area (Å²) in [6.07, 6.45) is 2.65. The molecule has 0 aromatic heterocycles. The molecule has 1 fully saturated rings. The Morgan fingerprint density at radius 1 is 1.14 bits per heavy atom. The van der Waals surface area contributed by atoms with Crippen LogP contribution < -0.4 is 4.74 Å². The molecule has 0 unspecified atom stereocenters. The van der Waals surface area contributed by atoms with Crippen LogP contribution in [0, 0.1) is 0 Å². The molecule has 7 heteroatoms. The van der Waals surface area contributed by atoms with Gasteiger partial charge in [0.25, 0.3) is 0 Å². The molecule has 1 aliphatic rings. The van der Waals surface area contributed by atoms with Gasteiger partial charge in [-0.3, -0.25) is 0 Å². The number of piperidine rings is 1. The van der Waals surface area contributed by atoms with Crippen molar-refractivity contribution >= 4 is 16.0 Å². The van der Waals surface area contributed by atoms with Gasteiger partial charge in [-0.15, -0.1) is 0 Å². The fourth-order valence-corrected chi connectivity index (χ4v) is 5.25. The van der Waals surface area contributed by atoms with Gasteiger partial charge in [-0.25, -0.2) is 13.2 Å². The first-order valence-corrected chi connectivity index (χ1v) is 10.8. The van der Waals surface area contributed by atoms with E-state index in [9.17, 15) is 13.2 Å². The molecule has 2 aromatic carbocycles. The van der Waals surface area contributed by atoms with Gasteiger partial charge in [0.2, 0.25) is 10.0 Å². The number of carbonyl (C=O) groups excluding carboxylic acids is 1. The second kappa shape index (κ2) is 8.75. The zero-order valence-electron chi connectivity index (χ0n) is 16.1. The molecule has 0 bridgehead atoms. The highest BCUT2D eigenvalue weighted by Gasteiger charge is 2.33. The van der Waals surface area contributed by atoms with Crippen molar-refractivity contribution in [3.05, 3.63) is 59.7 Å². The third-order valence-corrected chi connectivity index (χ3v) is 6.98. The van der Waals surface area contributed by atoms with Crippen LogP contribution in [0.4, 0.5) is 0 Å². The maximum Gasteiger partial charge on any atom is 0.338 e. The van der Waals surface area contributed by atoms with E-state index in [1.165, 1.54) is 29.6 Å². The maximum absolute atomic E-state index is 13.2. The van der Waals surface area contributed by atoms with E-state index in [2.05, 4.69) is 0 Å². The summed E-state index contributed by atoms with van der Waals surface area (Å²) in [5.74, 6) is -0.355. The van der Waals surface area contributed by atoms with Crippen LogP contribution in [0.25, 0.3) is 0 Å². The Morgan fingerprint density at radius 2 is 1.89 bits per heavy atom. The Kier molecular flexibility index (Phi) is 6.36. The molecule has 0 spiro atoms. The molecular formula is C21H25NO5S. The lowest BCUT2D eigenvalue weighted by atomic mass is 10.1. The lowest BCUT2D eigenvalue weighted by Gasteiger charge is -2.32. The normalized spacial score (nSPS) is 17.9. The summed E-state index contributed by atoms with van der Waals surface area (Å²) in [5, 5.41) is 0. The van der Waals surface area contributed by atoms with Crippen molar-refractivity contribution in [3.63, 3.8) is 0 Å². The predicted octanol–water partition coefficient (Wildman–Crippen LogP) is 3.62. The lowest BCUT2D eigenvalue weighted by Crippen LogP contribution is -2.42. The molecule has 28 heavy (non-hydrogen) atoms. The minimum absolute atomic E-state index is 0.00193. The van der Waals surface area contributed by atoms with E-state index in [0.29, 0.717) is 6.54 Å². The third-order valence-electron chi connectivity index (χ3n) is 4.94. The Hall–Kier alpha value is -2.38. The third kappa shape index (κ3) is 4.36. The van der Waals surface area contributed by atoms with Gasteiger partial charge >= 0.3 is 5.97 Å². The number of hydrogen-bond donors (Lipinski definition) is 0. The number of hydrogen-bond acceptors (Lipinski definition) is 5. The van der Waals surface area contributed by atoms with Crippen molar-refractivity contribution in [3.8, 4) is 5.75 Å². The Balaban J connectivity index is 1.86. The monoisotopic (exact) mass is 403 g/mol. The summed E-state index contributed by atoms with van der Waals surface area (Å²) < 4.78 is 38.5. The molecule has 0 amide bonds. The SMILES string of the molecule is COc1ccc(C(=O)OCc2ccccc2)cc1S(=O)(=O)N1CCCC[C@H]1C. The zero-order chi connectivity index (χ0) is 20.1. The Morgan fingerprint density at radius 3 is 2.57 bits per heavy atom. The second-order valence-electron chi connectivity index (χ2n) is 6.89. The van der Waals surface area contributed by atoms with Crippen LogP contribution in [0.2, 0.25) is 0 Å². The molecule has 1 aliphatic heterocycles. The number of esters is 1. The fraction of sp³-hybridized carbons (Fsp3) is 0.381. The standard InChI is InChI=1S/C21H25NO5S/c1-16-8-6-7-13-22(16)28(24,25)20-14-18(11-12-19(20)26-2)21(23)27-15-17-9-4-3-5-10-17/h3-5,9-12,14,16H,6-8,13,15H2,1-2H3/t16-/m1/s1. The highest BCUT2D eigenvalue weighted by atomic mass is 32.2. The molecule has 1 atom stereocenters. The van der Waals surface area contributed by atoms with Gasteiger partial charge in [0, 0.05) is 12.6 Å². The molecule has 0 aliphatic carbocycles. The van der Waals surface area contributed by atoms with Crippen molar-refractivity contribution in [2.24, 2.45) is 0 Å². The Labute approximate surface area is 166 Å². The molecule has 6 nitrogen and oxygen atoms in total. The van der Waals surface area contributed by atoms with E-state index >= 15 is 0 Å². The molecule has 0 saturated carbocycles. The van der Waals surface area contributed by atoms with E-state index in [-0.39, 0.29) is 28.9 Å². The highest BCUT2D eigenvalue weighted by molar-refractivity contribution is 7.89. The van der Waals surface area contributed by atoms with E-state index in [1.807, 2.05) is 37.3 Å². The lowest BCUT2D eigenvalue weighted by molar-refractivity contribution is 0.0472. The minimum Gasteiger partial charge on any atom is -0.495 e. The van der Waals surface area contributed by atoms with Gasteiger partial charge in [-0.05, 0) is 43.5 Å².